The van der Waals surface area contributed by atoms with E-state index in [-0.39, 0.29) is 11.4 Å². The van der Waals surface area contributed by atoms with Crippen molar-refractivity contribution in [3.05, 3.63) is 36.2 Å². The molecule has 0 bridgehead atoms. The number of hydrogen-bond acceptors (Lipinski definition) is 7. The van der Waals surface area contributed by atoms with Crippen LogP contribution in [0.15, 0.2) is 30.6 Å². The van der Waals surface area contributed by atoms with E-state index < -0.39 is 36.0 Å². The number of hydrogen-bond donors (Lipinski definition) is 3. The van der Waals surface area contributed by atoms with Crippen LogP contribution in [0.3, 0.4) is 0 Å². The summed E-state index contributed by atoms with van der Waals surface area (Å²) in [7, 11) is 0. The normalized spacial score (nSPS) is 11.2. The first-order valence-electron chi connectivity index (χ1n) is 6.48. The zero-order valence-electron chi connectivity index (χ0n) is 12.9. The highest BCUT2D eigenvalue weighted by Gasteiger charge is 2.34. The van der Waals surface area contributed by atoms with Gasteiger partial charge < -0.3 is 26.0 Å². The summed E-state index contributed by atoms with van der Waals surface area (Å²) in [6.07, 6.45) is -7.75. The first-order valence-corrected chi connectivity index (χ1v) is 6.48. The highest BCUT2D eigenvalue weighted by Crippen LogP contribution is 2.25. The zero-order chi connectivity index (χ0) is 20.8. The number of anilines is 2. The minimum atomic E-state index is -4.99. The summed E-state index contributed by atoms with van der Waals surface area (Å²) >= 11 is 0. The summed E-state index contributed by atoms with van der Waals surface area (Å²) in [4.78, 5) is 17.0. The molecule has 0 spiro atoms. The first-order chi connectivity index (χ1) is 12.3. The van der Waals surface area contributed by atoms with Crippen molar-refractivity contribution in [1.82, 2.24) is 9.97 Å². The Morgan fingerprint density at radius 2 is 1.48 bits per heavy atom. The number of carbonyl (C=O) groups is 1. The average Bonchev–Trinajstić information content (AvgIpc) is 2.49. The first kappa shape index (κ1) is 21.6. The maximum absolute atomic E-state index is 11.8. The fourth-order valence-electron chi connectivity index (χ4n) is 1.38. The summed E-state index contributed by atoms with van der Waals surface area (Å²) in [5, 5.41) is 8.54. The average molecular weight is 400 g/mol. The van der Waals surface area contributed by atoms with Gasteiger partial charge in [-0.3, -0.25) is 0 Å². The summed E-state index contributed by atoms with van der Waals surface area (Å²) in [6, 6.07) is 3.15. The molecule has 2 heterocycles. The van der Waals surface area contributed by atoms with Gasteiger partial charge in [0.15, 0.2) is 0 Å². The van der Waals surface area contributed by atoms with E-state index in [4.69, 9.17) is 16.6 Å². The molecule has 0 saturated carbocycles. The van der Waals surface area contributed by atoms with Crippen LogP contribution in [0, 0.1) is 0 Å². The van der Waals surface area contributed by atoms with Crippen molar-refractivity contribution in [2.75, 3.05) is 11.5 Å². The molecule has 0 aliphatic heterocycles. The minimum absolute atomic E-state index is 0.0677. The van der Waals surface area contributed by atoms with Gasteiger partial charge >= 0.3 is 18.7 Å². The Bertz CT molecular complexity index is 780. The van der Waals surface area contributed by atoms with Crippen molar-refractivity contribution in [3.8, 4) is 11.8 Å². The summed E-state index contributed by atoms with van der Waals surface area (Å²) in [5.74, 6) is -3.16. The topological polar surface area (TPSA) is 134 Å². The van der Waals surface area contributed by atoms with Crippen molar-refractivity contribution in [2.24, 2.45) is 0 Å². The minimum Gasteiger partial charge on any atom is -0.477 e. The van der Waals surface area contributed by atoms with E-state index in [0.29, 0.717) is 0 Å². The lowest BCUT2D eigenvalue weighted by atomic mass is 10.2. The standard InChI is InChI=1S/C7H5F3N2O3.C6H5F3N2O/c8-7(9,10)15-5-4(6(13)14)1-3(11)2-12-5;7-6(8,9)12-5-2-1-4(10)3-11-5/h1-2H,11H2,(H,13,14);1-3H,10H2. The fourth-order valence-corrected chi connectivity index (χ4v) is 1.38. The van der Waals surface area contributed by atoms with Crippen LogP contribution < -0.4 is 20.9 Å². The molecule has 0 atom stereocenters. The third-order valence-corrected chi connectivity index (χ3v) is 2.29. The number of nitrogens with zero attached hydrogens (tertiary/aromatic N) is 2. The van der Waals surface area contributed by atoms with Crippen molar-refractivity contribution < 1.29 is 45.7 Å². The molecule has 148 valence electrons. The van der Waals surface area contributed by atoms with Crippen LogP contribution in [0.2, 0.25) is 0 Å². The Hall–Kier alpha value is -3.45. The lowest BCUT2D eigenvalue weighted by molar-refractivity contribution is -0.277. The van der Waals surface area contributed by atoms with Crippen LogP contribution in [0.25, 0.3) is 0 Å². The molecule has 0 aliphatic carbocycles. The number of aromatic nitrogens is 2. The van der Waals surface area contributed by atoms with Gasteiger partial charge in [0.25, 0.3) is 0 Å². The van der Waals surface area contributed by atoms with Crippen molar-refractivity contribution in [3.63, 3.8) is 0 Å². The highest BCUT2D eigenvalue weighted by molar-refractivity contribution is 5.91. The van der Waals surface area contributed by atoms with Gasteiger partial charge in [-0.25, -0.2) is 14.8 Å². The Balaban J connectivity index is 0.000000277. The van der Waals surface area contributed by atoms with Crippen molar-refractivity contribution in [2.45, 2.75) is 12.7 Å². The van der Waals surface area contributed by atoms with Crippen LogP contribution >= 0.6 is 0 Å². The summed E-state index contributed by atoms with van der Waals surface area (Å²) in [5.41, 5.74) is 9.83. The van der Waals surface area contributed by atoms with Crippen molar-refractivity contribution >= 4 is 17.3 Å². The molecular formula is C13H10F6N4O4. The largest absolute Gasteiger partial charge is 0.574 e. The molecule has 14 heteroatoms. The number of ether oxygens (including phenoxy) is 2. The SMILES string of the molecule is Nc1ccc(OC(F)(F)F)nc1.Nc1cnc(OC(F)(F)F)c(C(=O)O)c1. The van der Waals surface area contributed by atoms with Gasteiger partial charge in [-0.05, 0) is 12.1 Å². The molecule has 8 nitrogen and oxygen atoms in total. The molecule has 0 radical (unpaired) electrons. The molecule has 0 saturated heterocycles. The van der Waals surface area contributed by atoms with Crippen LogP contribution in [0.4, 0.5) is 37.7 Å². The van der Waals surface area contributed by atoms with Gasteiger partial charge in [0.1, 0.15) is 5.56 Å². The zero-order valence-corrected chi connectivity index (χ0v) is 12.9. The molecule has 5 N–H and O–H groups in total. The maximum Gasteiger partial charge on any atom is 0.574 e. The van der Waals surface area contributed by atoms with E-state index in [9.17, 15) is 31.1 Å². The number of aromatic carboxylic acids is 1. The van der Waals surface area contributed by atoms with Crippen LogP contribution in [-0.4, -0.2) is 33.8 Å². The fraction of sp³-hybridized carbons (Fsp3) is 0.154. The number of carboxylic acids is 1. The van der Waals surface area contributed by atoms with E-state index >= 15 is 0 Å². The second-order valence-corrected chi connectivity index (χ2v) is 4.45. The molecule has 27 heavy (non-hydrogen) atoms. The number of nitrogens with two attached hydrogens (primary N) is 2. The van der Waals surface area contributed by atoms with Gasteiger partial charge in [-0.2, -0.15) is 0 Å². The van der Waals surface area contributed by atoms with Gasteiger partial charge in [0, 0.05) is 6.07 Å². The number of nitrogen functional groups attached to an aromatic ring is 2. The smallest absolute Gasteiger partial charge is 0.477 e. The maximum atomic E-state index is 11.8. The molecule has 2 rings (SSSR count). The van der Waals surface area contributed by atoms with E-state index in [1.807, 2.05) is 0 Å². The highest BCUT2D eigenvalue weighted by atomic mass is 19.4. The van der Waals surface area contributed by atoms with E-state index in [1.165, 1.54) is 6.07 Å². The molecule has 2 aromatic heterocycles. The Labute approximate surface area is 146 Å². The molecule has 0 fully saturated rings. The monoisotopic (exact) mass is 400 g/mol. The second-order valence-electron chi connectivity index (χ2n) is 4.45. The second kappa shape index (κ2) is 8.29. The Kier molecular flexibility index (Phi) is 6.63. The van der Waals surface area contributed by atoms with Gasteiger partial charge in [-0.1, -0.05) is 0 Å². The Morgan fingerprint density at radius 3 is 1.93 bits per heavy atom. The predicted octanol–water partition coefficient (Wildman–Crippen LogP) is 2.82. The van der Waals surface area contributed by atoms with Crippen LogP contribution in [0.1, 0.15) is 10.4 Å². The third kappa shape index (κ3) is 8.46. The Morgan fingerprint density at radius 1 is 0.926 bits per heavy atom. The molecule has 0 amide bonds. The number of halogens is 6. The number of carboxylic acid groups (broad SMARTS) is 1. The lowest BCUT2D eigenvalue weighted by Gasteiger charge is -2.09. The van der Waals surface area contributed by atoms with Crippen molar-refractivity contribution in [1.29, 1.82) is 0 Å². The van der Waals surface area contributed by atoms with E-state index in [1.54, 1.807) is 0 Å². The quantitative estimate of drug-likeness (QED) is 0.670. The summed E-state index contributed by atoms with van der Waals surface area (Å²) in [6.45, 7) is 0. The third-order valence-electron chi connectivity index (χ3n) is 2.29. The number of rotatable bonds is 3. The molecule has 2 aromatic rings. The van der Waals surface area contributed by atoms with Crippen LogP contribution in [0.5, 0.6) is 11.8 Å². The van der Waals surface area contributed by atoms with E-state index in [0.717, 1.165) is 24.5 Å². The molecule has 0 aromatic carbocycles. The van der Waals surface area contributed by atoms with Gasteiger partial charge in [0.2, 0.25) is 11.8 Å². The summed E-state index contributed by atoms with van der Waals surface area (Å²) < 4.78 is 76.9. The molecule has 0 aliphatic rings. The number of alkyl halides is 6. The van der Waals surface area contributed by atoms with Gasteiger partial charge in [0.05, 0.1) is 23.8 Å². The van der Waals surface area contributed by atoms with E-state index in [2.05, 4.69) is 19.4 Å². The van der Waals surface area contributed by atoms with Crippen LogP contribution in [-0.2, 0) is 0 Å². The molecular weight excluding hydrogens is 390 g/mol. The molecule has 0 unspecified atom stereocenters. The number of pyridine rings is 2. The van der Waals surface area contributed by atoms with Gasteiger partial charge in [-0.15, -0.1) is 26.3 Å². The lowest BCUT2D eigenvalue weighted by Crippen LogP contribution is -2.20. The predicted molar refractivity (Wildman–Crippen MR) is 77.6 cm³/mol.